The first-order valence-electron chi connectivity index (χ1n) is 13.1. The molecule has 0 aliphatic carbocycles. The number of alkyl halides is 1. The van der Waals surface area contributed by atoms with Gasteiger partial charge in [0.25, 0.3) is 0 Å². The number of hydrogen-bond acceptors (Lipinski definition) is 3. The zero-order chi connectivity index (χ0) is 25.8. The Bertz CT molecular complexity index is 1040. The van der Waals surface area contributed by atoms with Gasteiger partial charge in [-0.25, -0.2) is 0 Å². The Labute approximate surface area is 217 Å². The van der Waals surface area contributed by atoms with Gasteiger partial charge in [-0.2, -0.15) is 0 Å². The van der Waals surface area contributed by atoms with E-state index in [0.717, 1.165) is 67.3 Å². The zero-order valence-electron chi connectivity index (χ0n) is 21.4. The number of benzene rings is 3. The first-order valence-corrected chi connectivity index (χ1v) is 17.2. The molecule has 6 heteroatoms. The van der Waals surface area contributed by atoms with Crippen LogP contribution in [0.4, 0.5) is 4.39 Å². The summed E-state index contributed by atoms with van der Waals surface area (Å²) in [5, 5.41) is 2.79. The van der Waals surface area contributed by atoms with Crippen LogP contribution in [0.3, 0.4) is 0 Å². The Kier molecular flexibility index (Phi) is 10.7. The molecular formula is C30H40FO3PS. The molecule has 0 aliphatic rings. The molecule has 0 spiro atoms. The van der Waals surface area contributed by atoms with Crippen LogP contribution in [-0.4, -0.2) is 27.5 Å². The quantitative estimate of drug-likeness (QED) is 0.150. The van der Waals surface area contributed by atoms with Crippen molar-refractivity contribution in [2.45, 2.75) is 57.8 Å². The molecule has 0 atom stereocenters. The van der Waals surface area contributed by atoms with Crippen LogP contribution in [0.5, 0.6) is 0 Å². The van der Waals surface area contributed by atoms with Crippen LogP contribution in [0.2, 0.25) is 0 Å². The van der Waals surface area contributed by atoms with E-state index in [1.54, 1.807) is 0 Å². The summed E-state index contributed by atoms with van der Waals surface area (Å²) < 4.78 is 44.9. The maximum absolute atomic E-state index is 13.0. The molecule has 3 nitrogen and oxygen atoms in total. The molecule has 0 N–H and O–H groups in total. The number of unbranched alkanes of at least 4 members (excludes halogenated alkanes) is 8. The van der Waals surface area contributed by atoms with Crippen molar-refractivity contribution in [3.63, 3.8) is 0 Å². The minimum absolute atomic E-state index is 0.216. The summed E-state index contributed by atoms with van der Waals surface area (Å²) in [5.41, 5.74) is 0. The molecule has 3 aromatic rings. The summed E-state index contributed by atoms with van der Waals surface area (Å²) >= 11 is 0. The van der Waals surface area contributed by atoms with Gasteiger partial charge >= 0.3 is 218 Å². The molecule has 0 aliphatic heterocycles. The molecule has 0 saturated heterocycles. The third-order valence-electron chi connectivity index (χ3n) is 6.93. The van der Waals surface area contributed by atoms with Crippen molar-refractivity contribution in [3.05, 3.63) is 91.0 Å². The van der Waals surface area contributed by atoms with Crippen LogP contribution >= 0.6 is 6.83 Å². The predicted octanol–water partition coefficient (Wildman–Crippen LogP) is 6.89. The SMILES string of the molecule is CS(=O)(=O)OP(CCCCCCCCCCCF)(c1ccccc1)(c1ccccc1)c1ccccc1. The Hall–Kier alpha value is -2.07. The summed E-state index contributed by atoms with van der Waals surface area (Å²) in [6.07, 6.45) is 10.9. The van der Waals surface area contributed by atoms with Gasteiger partial charge in [-0.3, -0.25) is 0 Å². The number of rotatable bonds is 16. The molecule has 0 aromatic heterocycles. The molecule has 0 amide bonds. The fraction of sp³-hybridized carbons (Fsp3) is 0.400. The van der Waals surface area contributed by atoms with Crippen molar-refractivity contribution >= 4 is 32.9 Å². The summed E-state index contributed by atoms with van der Waals surface area (Å²) in [5.74, 6) is 0. The molecule has 196 valence electrons. The van der Waals surface area contributed by atoms with Gasteiger partial charge in [0, 0.05) is 0 Å². The minimum atomic E-state index is -3.85. The van der Waals surface area contributed by atoms with Gasteiger partial charge in [0.05, 0.1) is 0 Å². The van der Waals surface area contributed by atoms with Crippen molar-refractivity contribution in [3.8, 4) is 0 Å². The topological polar surface area (TPSA) is 43.4 Å². The first kappa shape index (κ1) is 28.5. The second-order valence-electron chi connectivity index (χ2n) is 9.59. The van der Waals surface area contributed by atoms with E-state index in [1.807, 2.05) is 91.0 Å². The molecule has 36 heavy (non-hydrogen) atoms. The van der Waals surface area contributed by atoms with E-state index >= 15 is 0 Å². The Morgan fingerprint density at radius 2 is 0.917 bits per heavy atom. The summed E-state index contributed by atoms with van der Waals surface area (Å²) in [4.78, 5) is 0. The fourth-order valence-electron chi connectivity index (χ4n) is 5.28. The molecule has 0 bridgehead atoms. The standard InChI is InChI=1S/C30H40FO3PS/c1-36(32,33)34-35(28-20-12-9-13-21-28,29-22-14-10-15-23-29,30-24-16-11-17-25-30)27-19-8-6-4-2-3-5-7-18-26-31/h9-17,20-25H,2-8,18-19,26-27H2,1H3. The van der Waals surface area contributed by atoms with Crippen LogP contribution in [0.25, 0.3) is 0 Å². The third-order valence-corrected chi connectivity index (χ3v) is 14.7. The molecule has 3 aromatic carbocycles. The van der Waals surface area contributed by atoms with E-state index in [-0.39, 0.29) is 6.67 Å². The van der Waals surface area contributed by atoms with Gasteiger partial charge in [-0.15, -0.1) is 0 Å². The number of halogens is 1. The normalized spacial score (nSPS) is 13.2. The van der Waals surface area contributed by atoms with Crippen LogP contribution < -0.4 is 15.9 Å². The van der Waals surface area contributed by atoms with Crippen LogP contribution in [0.1, 0.15) is 57.8 Å². The second kappa shape index (κ2) is 13.5. The van der Waals surface area contributed by atoms with Crippen molar-refractivity contribution in [2.24, 2.45) is 0 Å². The number of hydrogen-bond donors (Lipinski definition) is 0. The van der Waals surface area contributed by atoms with Gasteiger partial charge in [-0.05, 0) is 0 Å². The van der Waals surface area contributed by atoms with Gasteiger partial charge < -0.3 is 0 Å². The summed E-state index contributed by atoms with van der Waals surface area (Å²) in [6.45, 7) is -4.06. The zero-order valence-corrected chi connectivity index (χ0v) is 23.1. The van der Waals surface area contributed by atoms with E-state index in [4.69, 9.17) is 3.97 Å². The molecule has 0 unspecified atom stereocenters. The molecule has 0 saturated carbocycles. The Morgan fingerprint density at radius 3 is 1.25 bits per heavy atom. The van der Waals surface area contributed by atoms with E-state index in [1.165, 1.54) is 6.26 Å². The van der Waals surface area contributed by atoms with Gasteiger partial charge in [0.15, 0.2) is 0 Å². The van der Waals surface area contributed by atoms with Gasteiger partial charge in [-0.1, -0.05) is 0 Å². The van der Waals surface area contributed by atoms with E-state index in [2.05, 4.69) is 0 Å². The Balaban J connectivity index is 1.99. The fourth-order valence-corrected chi connectivity index (χ4v) is 13.9. The van der Waals surface area contributed by atoms with Crippen molar-refractivity contribution in [1.29, 1.82) is 0 Å². The predicted molar refractivity (Wildman–Crippen MR) is 153 cm³/mol. The molecule has 0 radical (unpaired) electrons. The molecule has 3 rings (SSSR count). The molecule has 0 heterocycles. The van der Waals surface area contributed by atoms with Crippen LogP contribution in [-0.2, 0) is 14.1 Å². The van der Waals surface area contributed by atoms with Crippen molar-refractivity contribution < 1.29 is 16.8 Å². The van der Waals surface area contributed by atoms with Crippen LogP contribution in [0, 0.1) is 0 Å². The van der Waals surface area contributed by atoms with Crippen molar-refractivity contribution in [2.75, 3.05) is 19.1 Å². The first-order chi connectivity index (χ1) is 17.4. The summed E-state index contributed by atoms with van der Waals surface area (Å²) in [6, 6.07) is 29.9. The van der Waals surface area contributed by atoms with E-state index < -0.39 is 16.9 Å². The van der Waals surface area contributed by atoms with Crippen LogP contribution in [0.15, 0.2) is 91.0 Å². The van der Waals surface area contributed by atoms with Gasteiger partial charge in [0.2, 0.25) is 0 Å². The second-order valence-corrected chi connectivity index (χ2v) is 16.0. The molecular weight excluding hydrogens is 490 g/mol. The summed E-state index contributed by atoms with van der Waals surface area (Å²) in [7, 11) is -3.82. The monoisotopic (exact) mass is 530 g/mol. The molecule has 0 fully saturated rings. The van der Waals surface area contributed by atoms with E-state index in [9.17, 15) is 12.8 Å². The van der Waals surface area contributed by atoms with Crippen molar-refractivity contribution in [1.82, 2.24) is 0 Å². The van der Waals surface area contributed by atoms with Gasteiger partial charge in [0.1, 0.15) is 0 Å². The Morgan fingerprint density at radius 1 is 0.583 bits per heavy atom. The average Bonchev–Trinajstić information content (AvgIpc) is 2.90. The van der Waals surface area contributed by atoms with E-state index in [0.29, 0.717) is 12.6 Å². The third kappa shape index (κ3) is 6.82. The average molecular weight is 531 g/mol. The maximum atomic E-state index is 13.0.